The molecule has 79 heavy (non-hydrogen) atoms. The minimum absolute atomic E-state index is 0. The third-order valence-electron chi connectivity index (χ3n) is 12.8. The number of benzene rings is 4. The maximum absolute atomic E-state index is 13.0. The first-order valence-corrected chi connectivity index (χ1v) is 24.7. The lowest BCUT2D eigenvalue weighted by Gasteiger charge is -2.31. The van der Waals surface area contributed by atoms with E-state index in [-0.39, 0.29) is 67.6 Å². The molecule has 4 aromatic carbocycles. The lowest BCUT2D eigenvalue weighted by molar-refractivity contribution is -0.275. The number of Topliss-reactive ketones (excluding diaryl/α,β-unsaturated/α-hetero) is 2. The molecule has 0 radical (unpaired) electrons. The maximum Gasteiger partial charge on any atom is 0.573 e. The van der Waals surface area contributed by atoms with Crippen LogP contribution in [0.15, 0.2) is 122 Å². The van der Waals surface area contributed by atoms with E-state index in [4.69, 9.17) is 9.47 Å². The van der Waals surface area contributed by atoms with Crippen molar-refractivity contribution in [2.75, 3.05) is 63.2 Å². The van der Waals surface area contributed by atoms with Crippen molar-refractivity contribution in [2.45, 2.75) is 72.1 Å². The average Bonchev–Trinajstić information content (AvgIpc) is 3.44. The minimum atomic E-state index is -4.98. The molecule has 0 aliphatic carbocycles. The van der Waals surface area contributed by atoms with Gasteiger partial charge in [0.2, 0.25) is 11.8 Å². The van der Waals surface area contributed by atoms with Crippen molar-refractivity contribution in [3.63, 3.8) is 0 Å². The largest absolute Gasteiger partial charge is 0.573 e. The van der Waals surface area contributed by atoms with Crippen molar-refractivity contribution in [1.29, 1.82) is 0 Å². The highest BCUT2D eigenvalue weighted by molar-refractivity contribution is 6.02. The molecule has 2 saturated heterocycles. The van der Waals surface area contributed by atoms with Crippen molar-refractivity contribution in [2.24, 2.45) is 0 Å². The highest BCUT2D eigenvalue weighted by atomic mass is 19.4. The van der Waals surface area contributed by atoms with E-state index in [9.17, 15) is 55.7 Å². The summed E-state index contributed by atoms with van der Waals surface area (Å²) in [4.78, 5) is 64.2. The zero-order valence-corrected chi connectivity index (χ0v) is 42.4. The van der Waals surface area contributed by atoms with Gasteiger partial charge in [0.05, 0.1) is 74.5 Å². The summed E-state index contributed by atoms with van der Waals surface area (Å²) in [6.07, 6.45) is -6.94. The molecule has 2 atom stereocenters. The second-order valence-electron chi connectivity index (χ2n) is 18.2. The number of aliphatic hydroxyl groups is 2. The van der Waals surface area contributed by atoms with Crippen molar-refractivity contribution in [3.05, 3.63) is 155 Å². The van der Waals surface area contributed by atoms with Gasteiger partial charge >= 0.3 is 12.7 Å². The summed E-state index contributed by atoms with van der Waals surface area (Å²) < 4.78 is 96.8. The van der Waals surface area contributed by atoms with Crippen LogP contribution >= 0.6 is 0 Å². The fourth-order valence-corrected chi connectivity index (χ4v) is 8.30. The molecule has 0 bridgehead atoms. The van der Waals surface area contributed by atoms with Gasteiger partial charge in [0.15, 0.2) is 23.1 Å². The molecule has 0 unspecified atom stereocenters. The maximum atomic E-state index is 13.0. The summed E-state index contributed by atoms with van der Waals surface area (Å²) in [6.45, 7) is 7.05. The molecule has 16 nitrogen and oxygen atoms in total. The number of carbonyl (C=O) groups excluding carboxylic acids is 4. The van der Waals surface area contributed by atoms with Crippen LogP contribution in [0.25, 0.3) is 22.5 Å². The Labute approximate surface area is 452 Å². The summed E-state index contributed by atoms with van der Waals surface area (Å²) in [5, 5.41) is 23.4. The number of hydrogen-bond donors (Lipinski definition) is 4. The zero-order valence-electron chi connectivity index (χ0n) is 42.4. The summed E-state index contributed by atoms with van der Waals surface area (Å²) in [5.41, 5.74) is 5.56. The molecule has 2 aromatic heterocycles. The topological polar surface area (TPSA) is 202 Å². The van der Waals surface area contributed by atoms with Crippen molar-refractivity contribution < 1.29 is 74.7 Å². The molecule has 420 valence electrons. The quantitative estimate of drug-likeness (QED) is 0.0469. The van der Waals surface area contributed by atoms with Crippen LogP contribution in [-0.4, -0.2) is 131 Å². The summed E-state index contributed by atoms with van der Waals surface area (Å²) in [5.74, 6) is -3.01. The first-order chi connectivity index (χ1) is 37.2. The van der Waals surface area contributed by atoms with Crippen molar-refractivity contribution in [1.82, 2.24) is 19.8 Å². The number of anilines is 2. The highest BCUT2D eigenvalue weighted by Crippen LogP contribution is 2.34. The fraction of sp³-hybridized carbons (Fsp3) is 0.333. The second-order valence-corrected chi connectivity index (χ2v) is 18.2. The van der Waals surface area contributed by atoms with Gasteiger partial charge in [-0.15, -0.1) is 26.3 Å². The van der Waals surface area contributed by atoms with Crippen LogP contribution in [-0.2, 0) is 45.1 Å². The Balaban J connectivity index is 0.000000252. The van der Waals surface area contributed by atoms with Crippen LogP contribution < -0.4 is 20.1 Å². The minimum Gasteiger partial charge on any atom is -0.404 e. The second kappa shape index (κ2) is 27.8. The average molecular weight is 1100 g/mol. The molecule has 2 amide bonds. The van der Waals surface area contributed by atoms with E-state index in [0.29, 0.717) is 75.1 Å². The van der Waals surface area contributed by atoms with Crippen molar-refractivity contribution in [3.8, 4) is 34.0 Å². The summed E-state index contributed by atoms with van der Waals surface area (Å²) >= 11 is 0. The number of morpholine rings is 2. The number of amides is 2. The lowest BCUT2D eigenvalue weighted by atomic mass is 10.0. The van der Waals surface area contributed by atoms with Gasteiger partial charge in [-0.3, -0.25) is 38.9 Å². The number of rotatable bonds is 18. The third-order valence-corrected chi connectivity index (χ3v) is 12.8. The van der Waals surface area contributed by atoms with E-state index in [1.165, 1.54) is 24.3 Å². The standard InChI is InChI=1S/2C28H28F3N3O5.CH4/c2*1-18(34-10-12-38-13-11-34)27(37)33-24-15-22(7-9-26(24)39-28(29,30)31)25(36)14-20-4-8-23(32-16-20)21-5-2-19(17-35)3-6-21;/h2*2-9,15-16,18,35H,10-14,17H2,1H3,(H,33,37);1H4/t2*18-;/m10./s1. The lowest BCUT2D eigenvalue weighted by Crippen LogP contribution is -2.47. The van der Waals surface area contributed by atoms with Crippen LogP contribution in [0, 0.1) is 0 Å². The smallest absolute Gasteiger partial charge is 0.404 e. The Morgan fingerprint density at radius 2 is 0.886 bits per heavy atom. The predicted molar refractivity (Wildman–Crippen MR) is 281 cm³/mol. The normalized spacial score (nSPS) is 14.8. The van der Waals surface area contributed by atoms with Gasteiger partial charge in [-0.1, -0.05) is 68.1 Å². The number of carbonyl (C=O) groups is 4. The summed E-state index contributed by atoms with van der Waals surface area (Å²) in [7, 11) is 0. The van der Waals surface area contributed by atoms with Crippen LogP contribution in [0.5, 0.6) is 11.5 Å². The Morgan fingerprint density at radius 3 is 1.19 bits per heavy atom. The van der Waals surface area contributed by atoms with Crippen molar-refractivity contribution >= 4 is 34.8 Å². The number of aromatic nitrogens is 2. The van der Waals surface area contributed by atoms with Crippen LogP contribution in [0.1, 0.15) is 64.2 Å². The van der Waals surface area contributed by atoms with Crippen LogP contribution in [0.4, 0.5) is 37.7 Å². The number of alkyl halides is 6. The predicted octanol–water partition coefficient (Wildman–Crippen LogP) is 9.08. The Bertz CT molecular complexity index is 2790. The van der Waals surface area contributed by atoms with E-state index < -0.39 is 48.1 Å². The molecule has 6 aromatic rings. The zero-order chi connectivity index (χ0) is 56.0. The monoisotopic (exact) mass is 1100 g/mol. The molecule has 22 heteroatoms. The van der Waals surface area contributed by atoms with Crippen LogP contribution in [0.3, 0.4) is 0 Å². The number of ether oxygens (including phenoxy) is 4. The molecule has 2 aliphatic heterocycles. The first kappa shape index (κ1) is 60.6. The van der Waals surface area contributed by atoms with Gasteiger partial charge in [-0.2, -0.15) is 0 Å². The number of pyridine rings is 2. The summed E-state index contributed by atoms with van der Waals surface area (Å²) in [6, 6.07) is 27.1. The molecule has 4 N–H and O–H groups in total. The highest BCUT2D eigenvalue weighted by Gasteiger charge is 2.35. The van der Waals surface area contributed by atoms with E-state index >= 15 is 0 Å². The van der Waals surface area contributed by atoms with Gasteiger partial charge in [0.25, 0.3) is 0 Å². The molecular formula is C57H60F6N6O10. The Hall–Kier alpha value is -7.60. The van der Waals surface area contributed by atoms with Gasteiger partial charge < -0.3 is 39.8 Å². The molecule has 4 heterocycles. The number of nitrogens with zero attached hydrogens (tertiary/aromatic N) is 4. The molecule has 0 spiro atoms. The molecule has 0 saturated carbocycles. The molecule has 2 aliphatic rings. The van der Waals surface area contributed by atoms with E-state index in [0.717, 1.165) is 34.4 Å². The SMILES string of the molecule is C.C[C@@H](C(=O)Nc1cc(C(=O)Cc2ccc(-c3ccc(CO)cc3)nc2)ccc1OC(F)(F)F)N1CCOCC1.C[C@H](C(=O)Nc1cc(C(=O)Cc2ccc(-c3ccc(CO)cc3)nc2)ccc1OC(F)(F)F)N1CCOCC1. The third kappa shape index (κ3) is 17.7. The van der Waals surface area contributed by atoms with E-state index in [2.05, 4.69) is 30.1 Å². The number of ketones is 2. The number of nitrogens with one attached hydrogen (secondary N) is 2. The molecule has 2 fully saturated rings. The van der Waals surface area contributed by atoms with E-state index in [1.807, 2.05) is 34.1 Å². The van der Waals surface area contributed by atoms with Crippen LogP contribution in [0.2, 0.25) is 0 Å². The number of aliphatic hydroxyl groups excluding tert-OH is 2. The number of hydrogen-bond acceptors (Lipinski definition) is 14. The number of halogens is 6. The Kier molecular flexibility index (Phi) is 21.3. The first-order valence-electron chi connectivity index (χ1n) is 24.7. The van der Waals surface area contributed by atoms with Gasteiger partial charge in [0, 0.05) is 73.7 Å². The Morgan fingerprint density at radius 1 is 0.544 bits per heavy atom. The van der Waals surface area contributed by atoms with Gasteiger partial charge in [0.1, 0.15) is 0 Å². The van der Waals surface area contributed by atoms with Gasteiger partial charge in [-0.05, 0) is 84.6 Å². The molecular weight excluding hydrogens is 1040 g/mol. The van der Waals surface area contributed by atoms with E-state index in [1.54, 1.807) is 74.8 Å². The van der Waals surface area contributed by atoms with Gasteiger partial charge in [-0.25, -0.2) is 0 Å². The fourth-order valence-electron chi connectivity index (χ4n) is 8.30. The molecule has 8 rings (SSSR count).